The van der Waals surface area contributed by atoms with E-state index in [2.05, 4.69) is 5.32 Å². The molecular formula is C23H20N2O5. The molecule has 2 saturated heterocycles. The average Bonchev–Trinajstić information content (AvgIpc) is 3.50. The highest BCUT2D eigenvalue weighted by molar-refractivity contribution is 5.99. The number of hydrogen-bond donors (Lipinski definition) is 1. The molecule has 1 N–H and O–H groups in total. The van der Waals surface area contributed by atoms with Gasteiger partial charge in [0.05, 0.1) is 24.5 Å². The van der Waals surface area contributed by atoms with Gasteiger partial charge in [-0.3, -0.25) is 9.59 Å². The van der Waals surface area contributed by atoms with Gasteiger partial charge >= 0.3 is 0 Å². The highest BCUT2D eigenvalue weighted by Gasteiger charge is 2.66. The number of para-hydroxylation sites is 1. The highest BCUT2D eigenvalue weighted by Crippen LogP contribution is 2.52. The van der Waals surface area contributed by atoms with Crippen LogP contribution in [-0.2, 0) is 20.9 Å². The summed E-state index contributed by atoms with van der Waals surface area (Å²) in [5.74, 6) is 0.127. The molecule has 7 nitrogen and oxygen atoms in total. The van der Waals surface area contributed by atoms with Crippen LogP contribution in [0.15, 0.2) is 60.7 Å². The maximum atomic E-state index is 13.4. The third kappa shape index (κ3) is 2.55. The number of ether oxygens (including phenoxy) is 3. The Morgan fingerprint density at radius 1 is 1.13 bits per heavy atom. The van der Waals surface area contributed by atoms with E-state index in [0.717, 1.165) is 5.56 Å². The molecule has 0 saturated carbocycles. The van der Waals surface area contributed by atoms with Crippen LogP contribution in [0.5, 0.6) is 11.5 Å². The molecular weight excluding hydrogens is 384 g/mol. The third-order valence-corrected chi connectivity index (χ3v) is 6.33. The third-order valence-electron chi connectivity index (χ3n) is 6.33. The molecule has 6 rings (SSSR count). The molecule has 4 heterocycles. The van der Waals surface area contributed by atoms with Gasteiger partial charge in [0.15, 0.2) is 11.5 Å². The Labute approximate surface area is 173 Å². The number of nitrogens with zero attached hydrogens (tertiary/aromatic N) is 1. The number of fused-ring (bicyclic) bond motifs is 2. The molecule has 152 valence electrons. The number of carbonyl (C=O) groups excluding carboxylic acids is 2. The van der Waals surface area contributed by atoms with Gasteiger partial charge < -0.3 is 24.4 Å². The van der Waals surface area contributed by atoms with Crippen LogP contribution in [0.3, 0.4) is 0 Å². The number of nitrogens with one attached hydrogen (secondary N) is 1. The van der Waals surface area contributed by atoms with Crippen molar-refractivity contribution >= 4 is 17.5 Å². The van der Waals surface area contributed by atoms with E-state index in [9.17, 15) is 9.59 Å². The van der Waals surface area contributed by atoms with Gasteiger partial charge in [-0.25, -0.2) is 0 Å². The molecule has 0 aliphatic carbocycles. The lowest BCUT2D eigenvalue weighted by molar-refractivity contribution is -0.136. The minimum atomic E-state index is -0.725. The van der Waals surface area contributed by atoms with E-state index in [-0.39, 0.29) is 24.7 Å². The molecule has 4 aliphatic rings. The van der Waals surface area contributed by atoms with Gasteiger partial charge in [0.25, 0.3) is 0 Å². The number of amides is 2. The molecule has 30 heavy (non-hydrogen) atoms. The lowest BCUT2D eigenvalue weighted by Crippen LogP contribution is -2.41. The highest BCUT2D eigenvalue weighted by atomic mass is 16.7. The Balaban J connectivity index is 1.24. The Morgan fingerprint density at radius 3 is 2.83 bits per heavy atom. The van der Waals surface area contributed by atoms with Gasteiger partial charge in [-0.15, -0.1) is 0 Å². The van der Waals surface area contributed by atoms with Crippen molar-refractivity contribution in [3.05, 3.63) is 66.2 Å². The first-order valence-corrected chi connectivity index (χ1v) is 10.0. The Morgan fingerprint density at radius 2 is 1.97 bits per heavy atom. The summed E-state index contributed by atoms with van der Waals surface area (Å²) in [5.41, 5.74) is 0.940. The summed E-state index contributed by atoms with van der Waals surface area (Å²) in [6.45, 7) is 1.08. The molecule has 2 aromatic carbocycles. The van der Waals surface area contributed by atoms with Crippen LogP contribution in [0.1, 0.15) is 5.56 Å². The average molecular weight is 404 g/mol. The van der Waals surface area contributed by atoms with Crippen LogP contribution in [-0.4, -0.2) is 41.8 Å². The molecule has 2 aromatic rings. The van der Waals surface area contributed by atoms with Crippen LogP contribution >= 0.6 is 0 Å². The second-order valence-corrected chi connectivity index (χ2v) is 8.14. The number of carbonyl (C=O) groups is 2. The van der Waals surface area contributed by atoms with Gasteiger partial charge in [0.2, 0.25) is 18.6 Å². The number of anilines is 1. The fourth-order valence-corrected chi connectivity index (χ4v) is 5.02. The molecule has 2 fully saturated rings. The summed E-state index contributed by atoms with van der Waals surface area (Å²) in [4.78, 5) is 28.2. The number of likely N-dealkylation sites (tertiary alicyclic amines) is 1. The van der Waals surface area contributed by atoms with E-state index in [1.165, 1.54) is 0 Å². The maximum Gasteiger partial charge on any atom is 0.231 e. The summed E-state index contributed by atoms with van der Waals surface area (Å²) < 4.78 is 17.0. The van der Waals surface area contributed by atoms with E-state index >= 15 is 0 Å². The Bertz CT molecular complexity index is 1070. The van der Waals surface area contributed by atoms with Crippen LogP contribution in [0.4, 0.5) is 5.69 Å². The van der Waals surface area contributed by atoms with Crippen molar-refractivity contribution in [1.82, 2.24) is 4.90 Å². The summed E-state index contributed by atoms with van der Waals surface area (Å²) in [5, 5.41) is 2.94. The molecule has 4 atom stereocenters. The predicted octanol–water partition coefficient (Wildman–Crippen LogP) is 2.34. The van der Waals surface area contributed by atoms with Crippen molar-refractivity contribution in [2.45, 2.75) is 18.2 Å². The van der Waals surface area contributed by atoms with Gasteiger partial charge in [0.1, 0.15) is 5.60 Å². The molecule has 0 aromatic heterocycles. The largest absolute Gasteiger partial charge is 0.454 e. The maximum absolute atomic E-state index is 13.4. The zero-order valence-corrected chi connectivity index (χ0v) is 16.1. The van der Waals surface area contributed by atoms with E-state index < -0.39 is 17.4 Å². The van der Waals surface area contributed by atoms with Crippen molar-refractivity contribution in [1.29, 1.82) is 0 Å². The zero-order chi connectivity index (χ0) is 20.3. The number of hydrogen-bond acceptors (Lipinski definition) is 5. The summed E-state index contributed by atoms with van der Waals surface area (Å²) in [6.07, 6.45) is 3.52. The molecule has 2 amide bonds. The van der Waals surface area contributed by atoms with Crippen molar-refractivity contribution in [3.8, 4) is 11.5 Å². The Kier molecular flexibility index (Phi) is 3.70. The van der Waals surface area contributed by atoms with Crippen LogP contribution in [0.2, 0.25) is 0 Å². The van der Waals surface area contributed by atoms with Crippen LogP contribution in [0.25, 0.3) is 0 Å². The minimum absolute atomic E-state index is 0.0484. The Hall–Kier alpha value is -3.32. The lowest BCUT2D eigenvalue weighted by atomic mass is 9.77. The SMILES string of the molecule is O=C(Nc1ccccc1)[C@H]1[C@H]2C(=O)N(Cc3ccc4c(c3)OCO4)C[C@@]23C=C[C@H]1O3. The lowest BCUT2D eigenvalue weighted by Gasteiger charge is -2.23. The molecule has 0 radical (unpaired) electrons. The standard InChI is InChI=1S/C23H20N2O5/c26-21(24-15-4-2-1-3-5-15)19-17-8-9-23(30-17)12-25(22(27)20(19)23)11-14-6-7-16-18(10-14)29-13-28-16/h1-10,17,19-20H,11-13H2,(H,24,26)/t17-,19-,20+,23+/m1/s1. The van der Waals surface area contributed by atoms with Crippen LogP contribution in [0, 0.1) is 11.8 Å². The first kappa shape index (κ1) is 17.5. The summed E-state index contributed by atoms with van der Waals surface area (Å²) >= 11 is 0. The summed E-state index contributed by atoms with van der Waals surface area (Å²) in [6, 6.07) is 15.0. The second-order valence-electron chi connectivity index (χ2n) is 8.14. The molecule has 1 spiro atoms. The van der Waals surface area contributed by atoms with Crippen LogP contribution < -0.4 is 14.8 Å². The predicted molar refractivity (Wildman–Crippen MR) is 107 cm³/mol. The van der Waals surface area contributed by atoms with E-state index in [1.807, 2.05) is 60.7 Å². The second kappa shape index (κ2) is 6.34. The van der Waals surface area contributed by atoms with Crippen molar-refractivity contribution in [3.63, 3.8) is 0 Å². The molecule has 4 aliphatic heterocycles. The molecule has 0 unspecified atom stereocenters. The van der Waals surface area contributed by atoms with E-state index in [0.29, 0.717) is 30.3 Å². The fourth-order valence-electron chi connectivity index (χ4n) is 5.02. The smallest absolute Gasteiger partial charge is 0.231 e. The normalized spacial score (nSPS) is 30.1. The van der Waals surface area contributed by atoms with Crippen molar-refractivity contribution in [2.24, 2.45) is 11.8 Å². The molecule has 7 heteroatoms. The summed E-state index contributed by atoms with van der Waals surface area (Å²) in [7, 11) is 0. The van der Waals surface area contributed by atoms with E-state index in [1.54, 1.807) is 4.90 Å². The van der Waals surface area contributed by atoms with Crippen molar-refractivity contribution < 1.29 is 23.8 Å². The number of rotatable bonds is 4. The first-order chi connectivity index (χ1) is 14.6. The van der Waals surface area contributed by atoms with E-state index in [4.69, 9.17) is 14.2 Å². The monoisotopic (exact) mass is 404 g/mol. The topological polar surface area (TPSA) is 77.1 Å². The first-order valence-electron chi connectivity index (χ1n) is 10.0. The fraction of sp³-hybridized carbons (Fsp3) is 0.304. The zero-order valence-electron chi connectivity index (χ0n) is 16.1. The van der Waals surface area contributed by atoms with Gasteiger partial charge in [-0.1, -0.05) is 36.4 Å². The van der Waals surface area contributed by atoms with Crippen molar-refractivity contribution in [2.75, 3.05) is 18.7 Å². The number of benzene rings is 2. The van der Waals surface area contributed by atoms with Gasteiger partial charge in [-0.05, 0) is 29.8 Å². The van der Waals surface area contributed by atoms with Gasteiger partial charge in [0, 0.05) is 12.2 Å². The molecule has 2 bridgehead atoms. The quantitative estimate of drug-likeness (QED) is 0.792. The minimum Gasteiger partial charge on any atom is -0.454 e. The van der Waals surface area contributed by atoms with Gasteiger partial charge in [-0.2, -0.15) is 0 Å².